The molecule has 0 atom stereocenters. The van der Waals surface area contributed by atoms with Gasteiger partial charge in [-0.05, 0) is 51.3 Å². The minimum Gasteiger partial charge on any atom is -0.469 e. The van der Waals surface area contributed by atoms with Crippen molar-refractivity contribution in [3.63, 3.8) is 0 Å². The quantitative estimate of drug-likeness (QED) is 0.490. The van der Waals surface area contributed by atoms with E-state index in [0.29, 0.717) is 18.6 Å². The smallest absolute Gasteiger partial charge is 0.191 e. The molecule has 0 aromatic carbocycles. The number of nitrogens with zero attached hydrogens (tertiary/aromatic N) is 2. The van der Waals surface area contributed by atoms with E-state index >= 15 is 0 Å². The molecule has 144 valence electrons. The maximum atomic E-state index is 5.39. The Morgan fingerprint density at radius 3 is 2.50 bits per heavy atom. The summed E-state index contributed by atoms with van der Waals surface area (Å²) in [6, 6.07) is 9.18. The van der Waals surface area contributed by atoms with Gasteiger partial charge in [0.1, 0.15) is 5.76 Å². The second-order valence-electron chi connectivity index (χ2n) is 6.85. The predicted molar refractivity (Wildman–Crippen MR) is 111 cm³/mol. The van der Waals surface area contributed by atoms with Gasteiger partial charge in [0.15, 0.2) is 5.96 Å². The van der Waals surface area contributed by atoms with E-state index in [2.05, 4.69) is 60.7 Å². The number of hydrogen-bond donors (Lipinski definition) is 2. The maximum absolute atomic E-state index is 5.39. The molecule has 2 aromatic heterocycles. The van der Waals surface area contributed by atoms with Gasteiger partial charge in [-0.1, -0.05) is 6.07 Å². The van der Waals surface area contributed by atoms with E-state index in [0.717, 1.165) is 37.8 Å². The van der Waals surface area contributed by atoms with Crippen LogP contribution in [0.5, 0.6) is 0 Å². The third-order valence-electron chi connectivity index (χ3n) is 4.21. The first-order chi connectivity index (χ1) is 12.6. The summed E-state index contributed by atoms with van der Waals surface area (Å²) in [4.78, 5) is 8.47. The SMILES string of the molecule is CC(C)N(CCNC(=NCc1cccs1)NCCc1ccco1)C(C)C. The van der Waals surface area contributed by atoms with E-state index in [4.69, 9.17) is 9.41 Å². The first kappa shape index (κ1) is 20.5. The summed E-state index contributed by atoms with van der Waals surface area (Å²) in [6.45, 7) is 12.3. The third-order valence-corrected chi connectivity index (χ3v) is 5.07. The van der Waals surface area contributed by atoms with E-state index in [-0.39, 0.29) is 0 Å². The summed E-state index contributed by atoms with van der Waals surface area (Å²) in [6.07, 6.45) is 2.56. The van der Waals surface area contributed by atoms with Gasteiger partial charge in [-0.3, -0.25) is 4.90 Å². The molecule has 0 radical (unpaired) electrons. The lowest BCUT2D eigenvalue weighted by Gasteiger charge is -2.30. The highest BCUT2D eigenvalue weighted by Crippen LogP contribution is 2.09. The van der Waals surface area contributed by atoms with Crippen LogP contribution in [0.4, 0.5) is 0 Å². The summed E-state index contributed by atoms with van der Waals surface area (Å²) >= 11 is 1.74. The summed E-state index contributed by atoms with van der Waals surface area (Å²) in [5.74, 6) is 1.85. The van der Waals surface area contributed by atoms with Crippen molar-refractivity contribution in [2.45, 2.75) is 52.7 Å². The van der Waals surface area contributed by atoms with E-state index in [1.165, 1.54) is 4.88 Å². The average molecular weight is 377 g/mol. The van der Waals surface area contributed by atoms with Crippen molar-refractivity contribution in [1.82, 2.24) is 15.5 Å². The number of thiophene rings is 1. The molecule has 0 bridgehead atoms. The van der Waals surface area contributed by atoms with Crippen molar-refractivity contribution in [1.29, 1.82) is 0 Å². The zero-order valence-corrected chi connectivity index (χ0v) is 17.2. The second kappa shape index (κ2) is 11.0. The minimum absolute atomic E-state index is 0.537. The highest BCUT2D eigenvalue weighted by Gasteiger charge is 2.12. The lowest BCUT2D eigenvalue weighted by atomic mass is 10.2. The molecule has 2 N–H and O–H groups in total. The fourth-order valence-electron chi connectivity index (χ4n) is 2.91. The molecule has 2 aromatic rings. The zero-order valence-electron chi connectivity index (χ0n) is 16.4. The average Bonchev–Trinajstić information content (AvgIpc) is 3.28. The van der Waals surface area contributed by atoms with Crippen LogP contribution >= 0.6 is 11.3 Å². The Labute approximate surface area is 161 Å². The van der Waals surface area contributed by atoms with Gasteiger partial charge in [0.25, 0.3) is 0 Å². The number of guanidine groups is 1. The summed E-state index contributed by atoms with van der Waals surface area (Å²) in [7, 11) is 0. The van der Waals surface area contributed by atoms with Gasteiger partial charge >= 0.3 is 0 Å². The Hall–Kier alpha value is -1.79. The Bertz CT molecular complexity index is 612. The first-order valence-electron chi connectivity index (χ1n) is 9.39. The largest absolute Gasteiger partial charge is 0.469 e. The second-order valence-corrected chi connectivity index (χ2v) is 7.88. The fraction of sp³-hybridized carbons (Fsp3) is 0.550. The lowest BCUT2D eigenvalue weighted by molar-refractivity contribution is 0.178. The number of rotatable bonds is 10. The van der Waals surface area contributed by atoms with Crippen molar-refractivity contribution < 1.29 is 4.42 Å². The van der Waals surface area contributed by atoms with Crippen molar-refractivity contribution in [2.24, 2.45) is 4.99 Å². The van der Waals surface area contributed by atoms with Gasteiger partial charge in [-0.2, -0.15) is 0 Å². The number of furan rings is 1. The topological polar surface area (TPSA) is 52.8 Å². The van der Waals surface area contributed by atoms with Crippen LogP contribution in [0.2, 0.25) is 0 Å². The normalized spacial score (nSPS) is 12.3. The molecule has 5 nitrogen and oxygen atoms in total. The van der Waals surface area contributed by atoms with Crippen LogP contribution < -0.4 is 10.6 Å². The summed E-state index contributed by atoms with van der Waals surface area (Å²) < 4.78 is 5.39. The molecule has 0 amide bonds. The van der Waals surface area contributed by atoms with Crippen LogP contribution in [0.15, 0.2) is 45.3 Å². The monoisotopic (exact) mass is 376 g/mol. The van der Waals surface area contributed by atoms with Gasteiger partial charge in [0.05, 0.1) is 12.8 Å². The Morgan fingerprint density at radius 1 is 1.12 bits per heavy atom. The molecular weight excluding hydrogens is 344 g/mol. The van der Waals surface area contributed by atoms with Crippen molar-refractivity contribution in [3.8, 4) is 0 Å². The molecule has 0 fully saturated rings. The molecule has 26 heavy (non-hydrogen) atoms. The molecule has 0 spiro atoms. The lowest BCUT2D eigenvalue weighted by Crippen LogP contribution is -2.45. The summed E-state index contributed by atoms with van der Waals surface area (Å²) in [5.41, 5.74) is 0. The van der Waals surface area contributed by atoms with Crippen LogP contribution in [-0.4, -0.2) is 42.6 Å². The van der Waals surface area contributed by atoms with Crippen molar-refractivity contribution in [3.05, 3.63) is 46.5 Å². The zero-order chi connectivity index (χ0) is 18.8. The standard InChI is InChI=1S/C20H32N4OS/c1-16(2)24(17(3)4)12-11-22-20(23-15-19-8-6-14-26-19)21-10-9-18-7-5-13-25-18/h5-8,13-14,16-17H,9-12,15H2,1-4H3,(H2,21,22,23). The molecule has 6 heteroatoms. The molecule has 2 rings (SSSR count). The molecule has 0 aliphatic rings. The van der Waals surface area contributed by atoms with Gasteiger partial charge in [-0.25, -0.2) is 4.99 Å². The van der Waals surface area contributed by atoms with Crippen molar-refractivity contribution in [2.75, 3.05) is 19.6 Å². The maximum Gasteiger partial charge on any atom is 0.191 e. The van der Waals surface area contributed by atoms with Gasteiger partial charge in [0, 0.05) is 43.0 Å². The van der Waals surface area contributed by atoms with Crippen LogP contribution in [0.1, 0.15) is 38.3 Å². The number of hydrogen-bond acceptors (Lipinski definition) is 4. The van der Waals surface area contributed by atoms with Crippen LogP contribution in [0.25, 0.3) is 0 Å². The third kappa shape index (κ3) is 7.22. The molecule has 0 saturated heterocycles. The molecule has 0 saturated carbocycles. The molecule has 0 unspecified atom stereocenters. The molecule has 0 aliphatic carbocycles. The highest BCUT2D eigenvalue weighted by molar-refractivity contribution is 7.09. The Balaban J connectivity index is 1.85. The van der Waals surface area contributed by atoms with E-state index < -0.39 is 0 Å². The van der Waals surface area contributed by atoms with Gasteiger partial charge in [-0.15, -0.1) is 11.3 Å². The van der Waals surface area contributed by atoms with Gasteiger partial charge < -0.3 is 15.1 Å². The highest BCUT2D eigenvalue weighted by atomic mass is 32.1. The van der Waals surface area contributed by atoms with Crippen molar-refractivity contribution >= 4 is 17.3 Å². The Morgan fingerprint density at radius 2 is 1.88 bits per heavy atom. The minimum atomic E-state index is 0.537. The number of aliphatic imine (C=N–C) groups is 1. The summed E-state index contributed by atoms with van der Waals surface area (Å²) in [5, 5.41) is 8.98. The van der Waals surface area contributed by atoms with Gasteiger partial charge in [0.2, 0.25) is 0 Å². The first-order valence-corrected chi connectivity index (χ1v) is 10.3. The van der Waals surface area contributed by atoms with Crippen LogP contribution in [0.3, 0.4) is 0 Å². The molecule has 0 aliphatic heterocycles. The fourth-order valence-corrected chi connectivity index (χ4v) is 3.54. The van der Waals surface area contributed by atoms with E-state index in [1.54, 1.807) is 17.6 Å². The predicted octanol–water partition coefficient (Wildman–Crippen LogP) is 3.74. The molecule has 2 heterocycles. The molecular formula is C20H32N4OS. The number of nitrogens with one attached hydrogen (secondary N) is 2. The van der Waals surface area contributed by atoms with E-state index in [9.17, 15) is 0 Å². The van der Waals surface area contributed by atoms with Crippen LogP contribution in [-0.2, 0) is 13.0 Å². The van der Waals surface area contributed by atoms with Crippen LogP contribution in [0, 0.1) is 0 Å². The van der Waals surface area contributed by atoms with E-state index in [1.807, 2.05) is 12.1 Å². The Kier molecular flexibility index (Phi) is 8.71.